The molecule has 3 nitrogen and oxygen atoms in total. The molecule has 1 heterocycles. The second-order valence-corrected chi connectivity index (χ2v) is 5.28. The molecule has 0 amide bonds. The predicted molar refractivity (Wildman–Crippen MR) is 77.4 cm³/mol. The summed E-state index contributed by atoms with van der Waals surface area (Å²) in [6, 6.07) is 7.75. The van der Waals surface area contributed by atoms with E-state index < -0.39 is 6.36 Å². The van der Waals surface area contributed by atoms with Crippen LogP contribution in [0.25, 0.3) is 0 Å². The molecule has 0 aliphatic carbocycles. The van der Waals surface area contributed by atoms with Crippen LogP contribution in [0.15, 0.2) is 41.0 Å². The van der Waals surface area contributed by atoms with Gasteiger partial charge in [0.15, 0.2) is 0 Å². The number of hydrogen-bond donors (Lipinski definition) is 1. The smallest absolute Gasteiger partial charge is 0.405 e. The van der Waals surface area contributed by atoms with Gasteiger partial charge in [-0.15, -0.1) is 13.2 Å². The first-order valence-electron chi connectivity index (χ1n) is 5.73. The zero-order chi connectivity index (χ0) is 15.5. The molecule has 0 saturated heterocycles. The summed E-state index contributed by atoms with van der Waals surface area (Å²) in [7, 11) is 0. The summed E-state index contributed by atoms with van der Waals surface area (Å²) in [5.41, 5.74) is 1.54. The molecule has 0 radical (unpaired) electrons. The Hall–Kier alpha value is -1.47. The molecule has 1 aromatic heterocycles. The number of ether oxygens (including phenoxy) is 1. The molecule has 0 unspecified atom stereocenters. The fourth-order valence-electron chi connectivity index (χ4n) is 1.55. The number of benzene rings is 1. The second-order valence-electron chi connectivity index (χ2n) is 4.04. The Balaban J connectivity index is 2.01. The minimum absolute atomic E-state index is 0.230. The average molecular weight is 382 g/mol. The van der Waals surface area contributed by atoms with Crippen LogP contribution in [-0.2, 0) is 6.54 Å². The normalized spacial score (nSPS) is 11.3. The van der Waals surface area contributed by atoms with Gasteiger partial charge in [0, 0.05) is 6.54 Å². The average Bonchev–Trinajstić information content (AvgIpc) is 2.40. The standard InChI is InChI=1S/C13H9BrClF3N2O/c14-10-5-8(1-3-11(10)21-13(16,17)18)6-19-9-2-4-12(15)20-7-9/h1-5,7,19H,6H2. The van der Waals surface area contributed by atoms with Crippen LogP contribution >= 0.6 is 27.5 Å². The second kappa shape index (κ2) is 6.53. The molecule has 0 fully saturated rings. The van der Waals surface area contributed by atoms with Gasteiger partial charge in [-0.25, -0.2) is 4.98 Å². The zero-order valence-electron chi connectivity index (χ0n) is 10.4. The van der Waals surface area contributed by atoms with Crippen LogP contribution in [0, 0.1) is 0 Å². The fraction of sp³-hybridized carbons (Fsp3) is 0.154. The molecule has 0 saturated carbocycles. The van der Waals surface area contributed by atoms with Gasteiger partial charge >= 0.3 is 6.36 Å². The Bertz CT molecular complexity index is 620. The number of anilines is 1. The molecule has 112 valence electrons. The summed E-state index contributed by atoms with van der Waals surface area (Å²) in [4.78, 5) is 3.91. The number of rotatable bonds is 4. The third kappa shape index (κ3) is 5.09. The van der Waals surface area contributed by atoms with E-state index in [2.05, 4.69) is 31.0 Å². The molecule has 1 aromatic carbocycles. The number of pyridine rings is 1. The molecule has 0 aliphatic rings. The highest BCUT2D eigenvalue weighted by molar-refractivity contribution is 9.10. The van der Waals surface area contributed by atoms with E-state index in [1.54, 1.807) is 30.5 Å². The van der Waals surface area contributed by atoms with Crippen LogP contribution in [0.2, 0.25) is 5.15 Å². The van der Waals surface area contributed by atoms with Crippen molar-refractivity contribution in [2.45, 2.75) is 12.9 Å². The van der Waals surface area contributed by atoms with Gasteiger partial charge in [0.05, 0.1) is 16.4 Å². The van der Waals surface area contributed by atoms with Crippen LogP contribution in [0.5, 0.6) is 5.75 Å². The fourth-order valence-corrected chi connectivity index (χ4v) is 2.17. The summed E-state index contributed by atoms with van der Waals surface area (Å²) in [6.07, 6.45) is -3.14. The number of aromatic nitrogens is 1. The minimum atomic E-state index is -4.71. The number of alkyl halides is 3. The SMILES string of the molecule is FC(F)(F)Oc1ccc(CNc2ccc(Cl)nc2)cc1Br. The van der Waals surface area contributed by atoms with Crippen molar-refractivity contribution in [2.75, 3.05) is 5.32 Å². The molecular formula is C13H9BrClF3N2O. The molecule has 2 rings (SSSR count). The number of nitrogens with zero attached hydrogens (tertiary/aromatic N) is 1. The minimum Gasteiger partial charge on any atom is -0.405 e. The highest BCUT2D eigenvalue weighted by Gasteiger charge is 2.31. The summed E-state index contributed by atoms with van der Waals surface area (Å²) >= 11 is 8.72. The summed E-state index contributed by atoms with van der Waals surface area (Å²) in [6.45, 7) is 0.425. The van der Waals surface area contributed by atoms with Crippen LogP contribution in [0.3, 0.4) is 0 Å². The van der Waals surface area contributed by atoms with E-state index >= 15 is 0 Å². The lowest BCUT2D eigenvalue weighted by molar-refractivity contribution is -0.274. The zero-order valence-corrected chi connectivity index (χ0v) is 12.8. The van der Waals surface area contributed by atoms with E-state index in [1.165, 1.54) is 6.07 Å². The van der Waals surface area contributed by atoms with Crippen molar-refractivity contribution >= 4 is 33.2 Å². The van der Waals surface area contributed by atoms with Gasteiger partial charge in [-0.3, -0.25) is 0 Å². The van der Waals surface area contributed by atoms with Crippen LogP contribution in [0.1, 0.15) is 5.56 Å². The molecule has 21 heavy (non-hydrogen) atoms. The molecule has 8 heteroatoms. The van der Waals surface area contributed by atoms with Crippen molar-refractivity contribution in [3.63, 3.8) is 0 Å². The van der Waals surface area contributed by atoms with E-state index in [-0.39, 0.29) is 10.2 Å². The molecule has 0 bridgehead atoms. The van der Waals surface area contributed by atoms with E-state index in [1.807, 2.05) is 0 Å². The van der Waals surface area contributed by atoms with Gasteiger partial charge in [-0.05, 0) is 45.8 Å². The number of nitrogens with one attached hydrogen (secondary N) is 1. The first-order chi connectivity index (χ1) is 9.83. The molecular weight excluding hydrogens is 373 g/mol. The van der Waals surface area contributed by atoms with Crippen LogP contribution in [-0.4, -0.2) is 11.3 Å². The Morgan fingerprint density at radius 3 is 2.57 bits per heavy atom. The first-order valence-corrected chi connectivity index (χ1v) is 6.90. The summed E-state index contributed by atoms with van der Waals surface area (Å²) in [5.74, 6) is -0.278. The Kier molecular flexibility index (Phi) is 4.95. The maximum atomic E-state index is 12.2. The van der Waals surface area contributed by atoms with E-state index in [0.717, 1.165) is 11.3 Å². The van der Waals surface area contributed by atoms with Gasteiger partial charge in [-0.2, -0.15) is 0 Å². The lowest BCUT2D eigenvalue weighted by atomic mass is 10.2. The molecule has 0 spiro atoms. The topological polar surface area (TPSA) is 34.1 Å². The van der Waals surface area contributed by atoms with Gasteiger partial charge in [-0.1, -0.05) is 17.7 Å². The highest BCUT2D eigenvalue weighted by Crippen LogP contribution is 2.31. The van der Waals surface area contributed by atoms with Crippen LogP contribution in [0.4, 0.5) is 18.9 Å². The van der Waals surface area contributed by atoms with Crippen molar-refractivity contribution in [3.05, 3.63) is 51.7 Å². The van der Waals surface area contributed by atoms with Gasteiger partial charge in [0.1, 0.15) is 10.9 Å². The Labute approximate surface area is 132 Å². The molecule has 2 aromatic rings. The third-order valence-corrected chi connectivity index (χ3v) is 3.29. The van der Waals surface area contributed by atoms with Crippen molar-refractivity contribution in [1.82, 2.24) is 4.98 Å². The number of hydrogen-bond acceptors (Lipinski definition) is 3. The largest absolute Gasteiger partial charge is 0.573 e. The quantitative estimate of drug-likeness (QED) is 0.756. The molecule has 0 atom stereocenters. The van der Waals surface area contributed by atoms with Crippen molar-refractivity contribution < 1.29 is 17.9 Å². The molecule has 1 N–H and O–H groups in total. The van der Waals surface area contributed by atoms with Gasteiger partial charge in [0.2, 0.25) is 0 Å². The Morgan fingerprint density at radius 1 is 1.24 bits per heavy atom. The third-order valence-electron chi connectivity index (χ3n) is 2.45. The van der Waals surface area contributed by atoms with Crippen molar-refractivity contribution in [2.24, 2.45) is 0 Å². The predicted octanol–water partition coefficient (Wildman–Crippen LogP) is 5.01. The van der Waals surface area contributed by atoms with E-state index in [9.17, 15) is 13.2 Å². The lowest BCUT2D eigenvalue weighted by Gasteiger charge is -2.12. The maximum absolute atomic E-state index is 12.2. The van der Waals surface area contributed by atoms with E-state index in [4.69, 9.17) is 11.6 Å². The van der Waals surface area contributed by atoms with Crippen molar-refractivity contribution in [3.8, 4) is 5.75 Å². The molecule has 0 aliphatic heterocycles. The Morgan fingerprint density at radius 2 is 2.00 bits per heavy atom. The highest BCUT2D eigenvalue weighted by atomic mass is 79.9. The number of halogens is 5. The lowest BCUT2D eigenvalue weighted by Crippen LogP contribution is -2.17. The van der Waals surface area contributed by atoms with Crippen molar-refractivity contribution in [1.29, 1.82) is 0 Å². The maximum Gasteiger partial charge on any atom is 0.573 e. The monoisotopic (exact) mass is 380 g/mol. The van der Waals surface area contributed by atoms with Gasteiger partial charge < -0.3 is 10.1 Å². The first kappa shape index (κ1) is 15.9. The van der Waals surface area contributed by atoms with E-state index in [0.29, 0.717) is 11.7 Å². The van der Waals surface area contributed by atoms with Gasteiger partial charge in [0.25, 0.3) is 0 Å². The van der Waals surface area contributed by atoms with Crippen LogP contribution < -0.4 is 10.1 Å². The summed E-state index contributed by atoms with van der Waals surface area (Å²) < 4.78 is 40.6. The summed E-state index contributed by atoms with van der Waals surface area (Å²) in [5, 5.41) is 3.46.